The van der Waals surface area contributed by atoms with Crippen LogP contribution in [0.5, 0.6) is 5.75 Å². The Balaban J connectivity index is 1.67. The Kier molecular flexibility index (Phi) is 3.66. The minimum Gasteiger partial charge on any atom is -0.508 e. The van der Waals surface area contributed by atoms with Gasteiger partial charge in [-0.15, -0.1) is 0 Å². The number of hydrogen-bond acceptors (Lipinski definition) is 4. The van der Waals surface area contributed by atoms with Gasteiger partial charge in [0.25, 0.3) is 0 Å². The SMILES string of the molecule is O=C1C2=C(O[C@@H](C(=O)c3ccccc3)[C@@H]2c2ccccc2O)c2ccccc21. The number of phenols is 1. The quantitative estimate of drug-likeness (QED) is 0.698. The van der Waals surface area contributed by atoms with Crippen LogP contribution in [0, 0.1) is 0 Å². The van der Waals surface area contributed by atoms with E-state index in [0.717, 1.165) is 0 Å². The lowest BCUT2D eigenvalue weighted by Gasteiger charge is -2.22. The average Bonchev–Trinajstić information content (AvgIpc) is 3.25. The van der Waals surface area contributed by atoms with Crippen LogP contribution in [-0.4, -0.2) is 22.8 Å². The number of aromatic hydroxyl groups is 1. The maximum atomic E-state index is 13.2. The molecule has 4 heteroatoms. The van der Waals surface area contributed by atoms with Gasteiger partial charge in [0.2, 0.25) is 5.78 Å². The molecule has 0 aromatic heterocycles. The third-order valence-corrected chi connectivity index (χ3v) is 5.35. The van der Waals surface area contributed by atoms with E-state index in [-0.39, 0.29) is 17.3 Å². The molecule has 4 nitrogen and oxygen atoms in total. The number of phenolic OH excluding ortho intramolecular Hbond substituents is 1. The van der Waals surface area contributed by atoms with Crippen molar-refractivity contribution in [3.8, 4) is 5.75 Å². The van der Waals surface area contributed by atoms with Crippen molar-refractivity contribution in [1.29, 1.82) is 0 Å². The topological polar surface area (TPSA) is 63.6 Å². The Morgan fingerprint density at radius 3 is 2.21 bits per heavy atom. The maximum absolute atomic E-state index is 13.2. The molecule has 0 saturated carbocycles. The largest absolute Gasteiger partial charge is 0.508 e. The molecule has 0 fully saturated rings. The van der Waals surface area contributed by atoms with E-state index in [0.29, 0.717) is 33.6 Å². The molecule has 136 valence electrons. The van der Waals surface area contributed by atoms with Gasteiger partial charge in [-0.25, -0.2) is 0 Å². The lowest BCUT2D eigenvalue weighted by molar-refractivity contribution is 0.0749. The van der Waals surface area contributed by atoms with E-state index in [1.54, 1.807) is 60.7 Å². The van der Waals surface area contributed by atoms with E-state index < -0.39 is 12.0 Å². The lowest BCUT2D eigenvalue weighted by Crippen LogP contribution is -2.29. The Labute approximate surface area is 161 Å². The van der Waals surface area contributed by atoms with Crippen molar-refractivity contribution in [2.24, 2.45) is 0 Å². The molecule has 2 atom stereocenters. The number of carbonyl (C=O) groups excluding carboxylic acids is 2. The van der Waals surface area contributed by atoms with E-state index in [9.17, 15) is 14.7 Å². The van der Waals surface area contributed by atoms with Gasteiger partial charge in [-0.05, 0) is 6.07 Å². The number of ketones is 2. The van der Waals surface area contributed by atoms with Crippen molar-refractivity contribution >= 4 is 17.3 Å². The van der Waals surface area contributed by atoms with Crippen LogP contribution in [0.3, 0.4) is 0 Å². The number of benzene rings is 3. The summed E-state index contributed by atoms with van der Waals surface area (Å²) in [6.45, 7) is 0. The van der Waals surface area contributed by atoms with Crippen LogP contribution < -0.4 is 0 Å². The fourth-order valence-electron chi connectivity index (χ4n) is 4.07. The second-order valence-electron chi connectivity index (χ2n) is 6.92. The molecule has 3 aromatic carbocycles. The Hall–Kier alpha value is -3.66. The van der Waals surface area contributed by atoms with Gasteiger partial charge in [0, 0.05) is 22.3 Å². The summed E-state index contributed by atoms with van der Waals surface area (Å²) in [6, 6.07) is 22.9. The Morgan fingerprint density at radius 2 is 1.46 bits per heavy atom. The van der Waals surface area contributed by atoms with Crippen LogP contribution in [0.2, 0.25) is 0 Å². The molecule has 5 rings (SSSR count). The minimum absolute atomic E-state index is 0.0412. The second-order valence-corrected chi connectivity index (χ2v) is 6.92. The van der Waals surface area contributed by atoms with Crippen LogP contribution in [0.15, 0.2) is 84.4 Å². The van der Waals surface area contributed by atoms with Gasteiger partial charge in [-0.2, -0.15) is 0 Å². The van der Waals surface area contributed by atoms with Gasteiger partial charge in [0.15, 0.2) is 11.9 Å². The lowest BCUT2D eigenvalue weighted by atomic mass is 9.82. The van der Waals surface area contributed by atoms with E-state index in [1.807, 2.05) is 18.2 Å². The maximum Gasteiger partial charge on any atom is 0.204 e. The highest BCUT2D eigenvalue weighted by atomic mass is 16.5. The summed E-state index contributed by atoms with van der Waals surface area (Å²) in [6.07, 6.45) is -0.905. The van der Waals surface area contributed by atoms with Crippen molar-refractivity contribution in [1.82, 2.24) is 0 Å². The third-order valence-electron chi connectivity index (χ3n) is 5.35. The molecule has 1 N–H and O–H groups in total. The summed E-state index contributed by atoms with van der Waals surface area (Å²) < 4.78 is 6.12. The predicted molar refractivity (Wildman–Crippen MR) is 104 cm³/mol. The summed E-state index contributed by atoms with van der Waals surface area (Å²) in [7, 11) is 0. The first-order chi connectivity index (χ1) is 13.7. The van der Waals surface area contributed by atoms with Crippen molar-refractivity contribution < 1.29 is 19.4 Å². The number of rotatable bonds is 3. The van der Waals surface area contributed by atoms with E-state index in [4.69, 9.17) is 4.74 Å². The molecule has 28 heavy (non-hydrogen) atoms. The van der Waals surface area contributed by atoms with E-state index in [2.05, 4.69) is 0 Å². The fourth-order valence-corrected chi connectivity index (χ4v) is 4.07. The normalized spacial score (nSPS) is 19.9. The van der Waals surface area contributed by atoms with Crippen molar-refractivity contribution in [2.75, 3.05) is 0 Å². The van der Waals surface area contributed by atoms with Crippen LogP contribution in [0.4, 0.5) is 0 Å². The van der Waals surface area contributed by atoms with Crippen LogP contribution >= 0.6 is 0 Å². The number of ether oxygens (including phenoxy) is 1. The smallest absolute Gasteiger partial charge is 0.204 e. The Bertz CT molecular complexity index is 1140. The molecule has 0 amide bonds. The van der Waals surface area contributed by atoms with Crippen LogP contribution in [0.1, 0.15) is 37.8 Å². The standard InChI is InChI=1S/C24H16O4/c25-18-13-7-6-12-17(18)19-20-22(27)15-10-4-5-11-16(15)23(20)28-24(19)21(26)14-8-2-1-3-9-14/h1-13,19,24-25H/t19-,24-/m1/s1. The van der Waals surface area contributed by atoms with Crippen molar-refractivity contribution in [3.63, 3.8) is 0 Å². The predicted octanol–water partition coefficient (Wildman–Crippen LogP) is 4.37. The van der Waals surface area contributed by atoms with Gasteiger partial charge < -0.3 is 9.84 Å². The summed E-state index contributed by atoms with van der Waals surface area (Å²) in [5.74, 6) is -0.540. The number of hydrogen-bond donors (Lipinski definition) is 1. The first-order valence-electron chi connectivity index (χ1n) is 9.09. The van der Waals surface area contributed by atoms with Gasteiger partial charge in [0.1, 0.15) is 11.5 Å². The first-order valence-corrected chi connectivity index (χ1v) is 9.09. The zero-order valence-electron chi connectivity index (χ0n) is 14.8. The van der Waals surface area contributed by atoms with Gasteiger partial charge >= 0.3 is 0 Å². The van der Waals surface area contributed by atoms with Crippen LogP contribution in [0.25, 0.3) is 5.76 Å². The second kappa shape index (κ2) is 6.20. The molecular weight excluding hydrogens is 352 g/mol. The molecule has 3 aromatic rings. The molecule has 0 saturated heterocycles. The first kappa shape index (κ1) is 16.5. The molecule has 0 bridgehead atoms. The number of fused-ring (bicyclic) bond motifs is 2. The zero-order valence-corrected chi connectivity index (χ0v) is 14.8. The number of carbonyl (C=O) groups is 2. The molecule has 0 radical (unpaired) electrons. The molecule has 0 spiro atoms. The monoisotopic (exact) mass is 368 g/mol. The third kappa shape index (κ3) is 2.31. The summed E-state index contributed by atoms with van der Waals surface area (Å²) >= 11 is 0. The zero-order chi connectivity index (χ0) is 19.3. The average molecular weight is 368 g/mol. The summed E-state index contributed by atoms with van der Waals surface area (Å²) in [5, 5.41) is 10.5. The molecule has 2 aliphatic rings. The van der Waals surface area contributed by atoms with Crippen molar-refractivity contribution in [2.45, 2.75) is 12.0 Å². The molecule has 1 aliphatic heterocycles. The molecular formula is C24H16O4. The highest BCUT2D eigenvalue weighted by Crippen LogP contribution is 2.51. The fraction of sp³-hybridized carbons (Fsp3) is 0.0833. The highest BCUT2D eigenvalue weighted by molar-refractivity contribution is 6.22. The van der Waals surface area contributed by atoms with E-state index >= 15 is 0 Å². The number of para-hydroxylation sites is 1. The Morgan fingerprint density at radius 1 is 0.821 bits per heavy atom. The minimum atomic E-state index is -0.905. The highest BCUT2D eigenvalue weighted by Gasteiger charge is 2.50. The van der Waals surface area contributed by atoms with Gasteiger partial charge in [0.05, 0.1) is 11.5 Å². The van der Waals surface area contributed by atoms with Crippen molar-refractivity contribution in [3.05, 3.63) is 107 Å². The number of Topliss-reactive ketones (excluding diaryl/α,β-unsaturated/α-hetero) is 2. The van der Waals surface area contributed by atoms with Gasteiger partial charge in [-0.1, -0.05) is 72.8 Å². The summed E-state index contributed by atoms with van der Waals surface area (Å²) in [5.41, 5.74) is 2.74. The summed E-state index contributed by atoms with van der Waals surface area (Å²) in [4.78, 5) is 26.4. The van der Waals surface area contributed by atoms with E-state index in [1.165, 1.54) is 0 Å². The van der Waals surface area contributed by atoms with Gasteiger partial charge in [-0.3, -0.25) is 9.59 Å². The van der Waals surface area contributed by atoms with Crippen LogP contribution in [-0.2, 0) is 4.74 Å². The molecule has 1 heterocycles. The molecule has 0 unspecified atom stereocenters. The molecule has 1 aliphatic carbocycles.